The molecule has 0 aromatic rings. The second-order valence-electron chi connectivity index (χ2n) is 11.6. The van der Waals surface area contributed by atoms with E-state index in [1.54, 1.807) is 5.57 Å². The van der Waals surface area contributed by atoms with Gasteiger partial charge in [-0.25, -0.2) is 0 Å². The Bertz CT molecular complexity index is 595. The number of unbranched alkanes of at least 4 members (excludes halogenated alkanes) is 13. The van der Waals surface area contributed by atoms with Crippen LogP contribution in [-0.4, -0.2) is 58.1 Å². The summed E-state index contributed by atoms with van der Waals surface area (Å²) in [6.45, 7) is 3.31. The van der Waals surface area contributed by atoms with Crippen molar-refractivity contribution in [3.8, 4) is 0 Å². The highest BCUT2D eigenvalue weighted by Crippen LogP contribution is 2.38. The monoisotopic (exact) mass is 531 g/mol. The van der Waals surface area contributed by atoms with Gasteiger partial charge < -0.3 is 23.2 Å². The first-order valence-corrected chi connectivity index (χ1v) is 16.4. The van der Waals surface area contributed by atoms with Gasteiger partial charge in [-0.1, -0.05) is 95.6 Å². The van der Waals surface area contributed by atoms with Crippen LogP contribution < -0.4 is 4.89 Å². The van der Waals surface area contributed by atoms with Crippen LogP contribution in [0.25, 0.3) is 0 Å². The molecule has 0 saturated heterocycles. The molecule has 1 saturated carbocycles. The molecule has 1 aliphatic carbocycles. The van der Waals surface area contributed by atoms with E-state index in [1.165, 1.54) is 89.9 Å². The van der Waals surface area contributed by atoms with Crippen molar-refractivity contribution < 1.29 is 27.7 Å². The molecule has 0 radical (unpaired) electrons. The van der Waals surface area contributed by atoms with E-state index in [0.717, 1.165) is 25.7 Å². The van der Waals surface area contributed by atoms with Crippen LogP contribution in [-0.2, 0) is 18.3 Å². The molecule has 6 nitrogen and oxygen atoms in total. The Morgan fingerprint density at radius 1 is 0.806 bits per heavy atom. The Labute approximate surface area is 223 Å². The van der Waals surface area contributed by atoms with Gasteiger partial charge in [0.1, 0.15) is 13.2 Å². The first-order valence-electron chi connectivity index (χ1n) is 14.9. The van der Waals surface area contributed by atoms with Gasteiger partial charge in [-0.05, 0) is 38.5 Å². The van der Waals surface area contributed by atoms with Gasteiger partial charge >= 0.3 is 0 Å². The molecule has 7 heteroatoms. The number of phosphoric acid groups is 1. The third kappa shape index (κ3) is 20.8. The van der Waals surface area contributed by atoms with Crippen LogP contribution in [0.5, 0.6) is 0 Å². The minimum absolute atomic E-state index is 0.0173. The smallest absolute Gasteiger partial charge is 0.268 e. The average Bonchev–Trinajstić information content (AvgIpc) is 2.82. The van der Waals surface area contributed by atoms with Gasteiger partial charge in [0.15, 0.2) is 0 Å². The molecule has 0 spiro atoms. The molecule has 0 heterocycles. The van der Waals surface area contributed by atoms with E-state index in [2.05, 4.69) is 13.0 Å². The SMILES string of the molecule is CCCCCCCCCCCCCCCC=C1CCC(OCCOP(=O)([O-])OCC[N+](C)(C)C)CC1. The van der Waals surface area contributed by atoms with Crippen molar-refractivity contribution in [2.75, 3.05) is 47.5 Å². The van der Waals surface area contributed by atoms with E-state index >= 15 is 0 Å². The summed E-state index contributed by atoms with van der Waals surface area (Å²) in [5.41, 5.74) is 1.57. The first-order chi connectivity index (χ1) is 17.2. The minimum Gasteiger partial charge on any atom is -0.756 e. The summed E-state index contributed by atoms with van der Waals surface area (Å²) in [6.07, 6.45) is 26.3. The highest BCUT2D eigenvalue weighted by Gasteiger charge is 2.18. The summed E-state index contributed by atoms with van der Waals surface area (Å²) in [5, 5.41) is 0. The van der Waals surface area contributed by atoms with Crippen molar-refractivity contribution >= 4 is 7.82 Å². The molecule has 0 aliphatic heterocycles. The molecule has 0 aromatic heterocycles. The average molecular weight is 532 g/mol. The molecule has 1 aliphatic rings. The Morgan fingerprint density at radius 2 is 1.31 bits per heavy atom. The van der Waals surface area contributed by atoms with Gasteiger partial charge in [0.2, 0.25) is 0 Å². The van der Waals surface area contributed by atoms with Gasteiger partial charge in [0.05, 0.1) is 40.5 Å². The second-order valence-corrected chi connectivity index (χ2v) is 13.0. The second kappa shape index (κ2) is 20.7. The number of rotatable bonds is 23. The van der Waals surface area contributed by atoms with E-state index in [-0.39, 0.29) is 25.9 Å². The van der Waals surface area contributed by atoms with Crippen LogP contribution in [0.3, 0.4) is 0 Å². The van der Waals surface area contributed by atoms with Crippen LogP contribution >= 0.6 is 7.82 Å². The normalized spacial score (nSPS) is 18.4. The maximum atomic E-state index is 11.8. The number of hydrogen-bond acceptors (Lipinski definition) is 5. The predicted molar refractivity (Wildman–Crippen MR) is 149 cm³/mol. The topological polar surface area (TPSA) is 67.8 Å². The van der Waals surface area contributed by atoms with Crippen LogP contribution in [0.2, 0.25) is 0 Å². The maximum absolute atomic E-state index is 11.8. The van der Waals surface area contributed by atoms with Crippen LogP contribution in [0.1, 0.15) is 122 Å². The van der Waals surface area contributed by atoms with Crippen molar-refractivity contribution in [2.24, 2.45) is 0 Å². The quantitative estimate of drug-likeness (QED) is 0.0589. The van der Waals surface area contributed by atoms with E-state index < -0.39 is 7.82 Å². The van der Waals surface area contributed by atoms with Gasteiger partial charge in [-0.2, -0.15) is 0 Å². The Balaban J connectivity index is 1.94. The van der Waals surface area contributed by atoms with E-state index in [4.69, 9.17) is 13.8 Å². The maximum Gasteiger partial charge on any atom is 0.268 e. The molecule has 214 valence electrons. The van der Waals surface area contributed by atoms with Crippen molar-refractivity contribution in [2.45, 2.75) is 129 Å². The number of phosphoric ester groups is 1. The third-order valence-corrected chi connectivity index (χ3v) is 8.01. The lowest BCUT2D eigenvalue weighted by molar-refractivity contribution is -0.870. The summed E-state index contributed by atoms with van der Waals surface area (Å²) < 4.78 is 28.1. The van der Waals surface area contributed by atoms with Gasteiger partial charge in [-0.3, -0.25) is 4.57 Å². The number of likely N-dealkylation sites (N-methyl/N-ethyl adjacent to an activating group) is 1. The molecular formula is C29H58NO5P. The van der Waals surface area contributed by atoms with Crippen LogP contribution in [0, 0.1) is 0 Å². The zero-order valence-corrected chi connectivity index (χ0v) is 25.0. The minimum atomic E-state index is -4.24. The Kier molecular flexibility index (Phi) is 19.4. The van der Waals surface area contributed by atoms with E-state index in [1.807, 2.05) is 21.1 Å². The fraction of sp³-hybridized carbons (Fsp3) is 0.931. The van der Waals surface area contributed by atoms with Gasteiger partial charge in [0.25, 0.3) is 7.82 Å². The summed E-state index contributed by atoms with van der Waals surface area (Å²) in [4.78, 5) is 11.8. The molecule has 0 amide bonds. The number of ether oxygens (including phenoxy) is 1. The zero-order chi connectivity index (χ0) is 26.5. The Hall–Kier alpha value is -0.230. The predicted octanol–water partition coefficient (Wildman–Crippen LogP) is 7.56. The number of quaternary nitrogens is 1. The molecule has 36 heavy (non-hydrogen) atoms. The van der Waals surface area contributed by atoms with Gasteiger partial charge in [0, 0.05) is 0 Å². The molecule has 1 unspecified atom stereocenters. The fourth-order valence-electron chi connectivity index (χ4n) is 4.63. The van der Waals surface area contributed by atoms with Crippen molar-refractivity contribution in [1.82, 2.24) is 0 Å². The molecule has 1 rings (SSSR count). The molecule has 1 fully saturated rings. The summed E-state index contributed by atoms with van der Waals surface area (Å²) in [6, 6.07) is 0. The van der Waals surface area contributed by atoms with Crippen molar-refractivity contribution in [3.05, 3.63) is 11.6 Å². The highest BCUT2D eigenvalue weighted by atomic mass is 31.2. The largest absolute Gasteiger partial charge is 0.756 e. The number of allylic oxidation sites excluding steroid dienone is 2. The molecule has 0 aromatic carbocycles. The first kappa shape index (κ1) is 33.8. The third-order valence-electron chi connectivity index (χ3n) is 7.01. The highest BCUT2D eigenvalue weighted by molar-refractivity contribution is 7.45. The van der Waals surface area contributed by atoms with Gasteiger partial charge in [-0.15, -0.1) is 0 Å². The van der Waals surface area contributed by atoms with E-state index in [0.29, 0.717) is 11.0 Å². The summed E-state index contributed by atoms with van der Waals surface area (Å²) >= 11 is 0. The molecule has 0 bridgehead atoms. The summed E-state index contributed by atoms with van der Waals surface area (Å²) in [7, 11) is 1.71. The lowest BCUT2D eigenvalue weighted by atomic mass is 9.91. The lowest BCUT2D eigenvalue weighted by Crippen LogP contribution is -2.37. The Morgan fingerprint density at radius 3 is 1.83 bits per heavy atom. The van der Waals surface area contributed by atoms with Crippen molar-refractivity contribution in [3.63, 3.8) is 0 Å². The van der Waals surface area contributed by atoms with Crippen LogP contribution in [0.4, 0.5) is 0 Å². The fourth-order valence-corrected chi connectivity index (χ4v) is 5.31. The zero-order valence-electron chi connectivity index (χ0n) is 24.1. The molecule has 1 atom stereocenters. The number of nitrogens with zero attached hydrogens (tertiary/aromatic N) is 1. The van der Waals surface area contributed by atoms with Crippen molar-refractivity contribution in [1.29, 1.82) is 0 Å². The lowest BCUT2D eigenvalue weighted by Gasteiger charge is -2.28. The standard InChI is InChI=1S/C29H58NO5P/c1-5-6-7-8-9-10-11-12-13-14-15-16-17-18-19-28-20-22-29(23-21-28)33-26-27-35-36(31,32)34-25-24-30(2,3)4/h19,29H,5-18,20-27H2,1-4H3. The van der Waals surface area contributed by atoms with Crippen LogP contribution in [0.15, 0.2) is 11.6 Å². The van der Waals surface area contributed by atoms with E-state index in [9.17, 15) is 9.46 Å². The molecule has 0 N–H and O–H groups in total. The number of hydrogen-bond donors (Lipinski definition) is 0. The molecular weight excluding hydrogens is 473 g/mol. The summed E-state index contributed by atoms with van der Waals surface area (Å²) in [5.74, 6) is 0.